The van der Waals surface area contributed by atoms with Gasteiger partial charge in [0.2, 0.25) is 0 Å². The average Bonchev–Trinajstić information content (AvgIpc) is 2.31. The lowest BCUT2D eigenvalue weighted by Crippen LogP contribution is -2.50. The van der Waals surface area contributed by atoms with Gasteiger partial charge >= 0.3 is 0 Å². The van der Waals surface area contributed by atoms with Crippen LogP contribution in [0.2, 0.25) is 0 Å². The third kappa shape index (κ3) is 3.44. The number of β-amino-alcohol motifs (C(OH)–C–C–N with tert-alkyl or cyclic N) is 1. The van der Waals surface area contributed by atoms with Gasteiger partial charge < -0.3 is 9.84 Å². The summed E-state index contributed by atoms with van der Waals surface area (Å²) in [4.78, 5) is 2.35. The molecule has 1 saturated heterocycles. The third-order valence-electron chi connectivity index (χ3n) is 4.11. The smallest absolute Gasteiger partial charge is 0.0768 e. The molecule has 0 amide bonds. The second kappa shape index (κ2) is 5.99. The molecular weight excluding hydrogens is 202 g/mol. The van der Waals surface area contributed by atoms with E-state index in [0.29, 0.717) is 12.0 Å². The molecule has 1 rings (SSSR count). The number of nitrogens with zero attached hydrogens (tertiary/aromatic N) is 1. The Morgan fingerprint density at radius 3 is 2.50 bits per heavy atom. The number of ether oxygens (including phenoxy) is 1. The fourth-order valence-corrected chi connectivity index (χ4v) is 2.44. The molecule has 16 heavy (non-hydrogen) atoms. The highest BCUT2D eigenvalue weighted by atomic mass is 16.5. The molecule has 1 N–H and O–H groups in total. The maximum atomic E-state index is 10.3. The molecule has 0 saturated carbocycles. The van der Waals surface area contributed by atoms with Crippen molar-refractivity contribution in [1.82, 2.24) is 4.90 Å². The molecule has 1 fully saturated rings. The Kier molecular flexibility index (Phi) is 5.22. The van der Waals surface area contributed by atoms with Crippen molar-refractivity contribution in [3.05, 3.63) is 0 Å². The van der Waals surface area contributed by atoms with Gasteiger partial charge in [-0.3, -0.25) is 4.90 Å². The normalized spacial score (nSPS) is 28.3. The van der Waals surface area contributed by atoms with E-state index in [2.05, 4.69) is 25.7 Å². The van der Waals surface area contributed by atoms with Crippen LogP contribution in [-0.2, 0) is 4.74 Å². The first-order chi connectivity index (χ1) is 7.54. The molecule has 1 aliphatic heterocycles. The van der Waals surface area contributed by atoms with Gasteiger partial charge in [0.15, 0.2) is 0 Å². The minimum Gasteiger partial charge on any atom is -0.389 e. The molecule has 0 aromatic heterocycles. The zero-order chi connectivity index (χ0) is 12.2. The summed E-state index contributed by atoms with van der Waals surface area (Å²) in [7, 11) is 1.79. The Balaban J connectivity index is 2.49. The van der Waals surface area contributed by atoms with Gasteiger partial charge in [-0.15, -0.1) is 0 Å². The fraction of sp³-hybridized carbons (Fsp3) is 1.00. The molecule has 0 aromatic rings. The number of rotatable bonds is 5. The summed E-state index contributed by atoms with van der Waals surface area (Å²) in [5.74, 6) is 0.637. The lowest BCUT2D eigenvalue weighted by Gasteiger charge is -2.40. The molecule has 0 spiro atoms. The molecular formula is C13H27NO2. The minimum absolute atomic E-state index is 0.326. The largest absolute Gasteiger partial charge is 0.389 e. The van der Waals surface area contributed by atoms with Gasteiger partial charge in [0.25, 0.3) is 0 Å². The van der Waals surface area contributed by atoms with Crippen LogP contribution in [0.5, 0.6) is 0 Å². The van der Waals surface area contributed by atoms with E-state index >= 15 is 0 Å². The standard InChI is InChI=1S/C13H27NO2/c1-5-13(15,6-2)10-14-8-7-11(3)12(9-14)16-4/h11-12,15H,5-10H2,1-4H3. The van der Waals surface area contributed by atoms with Crippen molar-refractivity contribution in [2.75, 3.05) is 26.7 Å². The predicted molar refractivity (Wildman–Crippen MR) is 66.5 cm³/mol. The number of hydrogen-bond acceptors (Lipinski definition) is 3. The third-order valence-corrected chi connectivity index (χ3v) is 4.11. The Morgan fingerprint density at radius 2 is 2.00 bits per heavy atom. The Labute approximate surface area is 99.8 Å². The van der Waals surface area contributed by atoms with Crippen LogP contribution in [0.3, 0.4) is 0 Å². The van der Waals surface area contributed by atoms with Crippen molar-refractivity contribution < 1.29 is 9.84 Å². The zero-order valence-corrected chi connectivity index (χ0v) is 11.2. The minimum atomic E-state index is -0.515. The van der Waals surface area contributed by atoms with E-state index in [1.165, 1.54) is 6.42 Å². The highest BCUT2D eigenvalue weighted by Gasteiger charge is 2.31. The first-order valence-corrected chi connectivity index (χ1v) is 6.52. The lowest BCUT2D eigenvalue weighted by atomic mass is 9.92. The van der Waals surface area contributed by atoms with Gasteiger partial charge in [-0.25, -0.2) is 0 Å². The summed E-state index contributed by atoms with van der Waals surface area (Å²) < 4.78 is 5.49. The maximum Gasteiger partial charge on any atom is 0.0768 e. The van der Waals surface area contributed by atoms with Crippen LogP contribution in [-0.4, -0.2) is 48.5 Å². The molecule has 3 nitrogen and oxygen atoms in total. The topological polar surface area (TPSA) is 32.7 Å². The summed E-state index contributed by atoms with van der Waals surface area (Å²) >= 11 is 0. The highest BCUT2D eigenvalue weighted by Crippen LogP contribution is 2.23. The second-order valence-corrected chi connectivity index (χ2v) is 5.21. The van der Waals surface area contributed by atoms with E-state index < -0.39 is 5.60 Å². The molecule has 96 valence electrons. The zero-order valence-electron chi connectivity index (χ0n) is 11.2. The van der Waals surface area contributed by atoms with Gasteiger partial charge in [0, 0.05) is 20.2 Å². The van der Waals surface area contributed by atoms with Gasteiger partial charge in [0.1, 0.15) is 0 Å². The average molecular weight is 229 g/mol. The first kappa shape index (κ1) is 13.9. The number of aliphatic hydroxyl groups is 1. The van der Waals surface area contributed by atoms with Crippen molar-refractivity contribution in [2.45, 2.75) is 51.7 Å². The van der Waals surface area contributed by atoms with Gasteiger partial charge in [-0.1, -0.05) is 20.8 Å². The Hall–Kier alpha value is -0.120. The first-order valence-electron chi connectivity index (χ1n) is 6.52. The van der Waals surface area contributed by atoms with E-state index in [1.54, 1.807) is 7.11 Å². The van der Waals surface area contributed by atoms with E-state index in [0.717, 1.165) is 32.5 Å². The fourth-order valence-electron chi connectivity index (χ4n) is 2.44. The van der Waals surface area contributed by atoms with E-state index in [-0.39, 0.29) is 0 Å². The van der Waals surface area contributed by atoms with Crippen LogP contribution in [0.15, 0.2) is 0 Å². The Morgan fingerprint density at radius 1 is 1.38 bits per heavy atom. The Bertz CT molecular complexity index is 204. The summed E-state index contributed by atoms with van der Waals surface area (Å²) in [5, 5.41) is 10.3. The van der Waals surface area contributed by atoms with Crippen molar-refractivity contribution in [1.29, 1.82) is 0 Å². The molecule has 0 radical (unpaired) electrons. The van der Waals surface area contributed by atoms with E-state index in [1.807, 2.05) is 0 Å². The van der Waals surface area contributed by atoms with Crippen LogP contribution in [0.4, 0.5) is 0 Å². The van der Waals surface area contributed by atoms with Gasteiger partial charge in [-0.05, 0) is 31.7 Å². The number of methoxy groups -OCH3 is 1. The molecule has 1 heterocycles. The van der Waals surface area contributed by atoms with E-state index in [9.17, 15) is 5.11 Å². The predicted octanol–water partition coefficient (Wildman–Crippen LogP) is 1.89. The number of hydrogen-bond donors (Lipinski definition) is 1. The van der Waals surface area contributed by atoms with Gasteiger partial charge in [0.05, 0.1) is 11.7 Å². The molecule has 0 aliphatic carbocycles. The SMILES string of the molecule is CCC(O)(CC)CN1CCC(C)C(OC)C1. The van der Waals surface area contributed by atoms with Crippen LogP contribution in [0.1, 0.15) is 40.0 Å². The van der Waals surface area contributed by atoms with Crippen molar-refractivity contribution in [3.8, 4) is 0 Å². The summed E-state index contributed by atoms with van der Waals surface area (Å²) in [6.07, 6.45) is 3.15. The highest BCUT2D eigenvalue weighted by molar-refractivity contribution is 4.85. The van der Waals surface area contributed by atoms with Crippen LogP contribution < -0.4 is 0 Å². The van der Waals surface area contributed by atoms with Crippen LogP contribution in [0, 0.1) is 5.92 Å². The molecule has 0 aromatic carbocycles. The second-order valence-electron chi connectivity index (χ2n) is 5.21. The molecule has 0 bridgehead atoms. The monoisotopic (exact) mass is 229 g/mol. The number of piperidine rings is 1. The summed E-state index contributed by atoms with van der Waals surface area (Å²) in [6, 6.07) is 0. The summed E-state index contributed by atoms with van der Waals surface area (Å²) in [5.41, 5.74) is -0.515. The van der Waals surface area contributed by atoms with Crippen molar-refractivity contribution >= 4 is 0 Å². The number of likely N-dealkylation sites (tertiary alicyclic amines) is 1. The van der Waals surface area contributed by atoms with Gasteiger partial charge in [-0.2, -0.15) is 0 Å². The van der Waals surface area contributed by atoms with Crippen molar-refractivity contribution in [2.24, 2.45) is 5.92 Å². The molecule has 1 aliphatic rings. The van der Waals surface area contributed by atoms with E-state index in [4.69, 9.17) is 4.74 Å². The molecule has 2 atom stereocenters. The van der Waals surface area contributed by atoms with Crippen molar-refractivity contribution in [3.63, 3.8) is 0 Å². The molecule has 3 heteroatoms. The lowest BCUT2D eigenvalue weighted by molar-refractivity contribution is -0.0498. The quantitative estimate of drug-likeness (QED) is 0.781. The summed E-state index contributed by atoms with van der Waals surface area (Å²) in [6.45, 7) is 9.20. The van der Waals surface area contributed by atoms with Crippen LogP contribution in [0.25, 0.3) is 0 Å². The maximum absolute atomic E-state index is 10.3. The van der Waals surface area contributed by atoms with Crippen LogP contribution >= 0.6 is 0 Å². The molecule has 2 unspecified atom stereocenters.